The molecule has 0 radical (unpaired) electrons. The predicted octanol–water partition coefficient (Wildman–Crippen LogP) is -0.391. The maximum atomic E-state index is 10.9. The fourth-order valence-electron chi connectivity index (χ4n) is 0.893. The molecular weight excluding hydrogens is 289 g/mol. The smallest absolute Gasteiger partial charge is 0.435 e. The Morgan fingerprint density at radius 3 is 2.20 bits per heavy atom. The molecule has 0 aromatic heterocycles. The Balaban J connectivity index is 0.000000441. The molecule has 1 aliphatic rings. The molecule has 1 saturated heterocycles. The minimum absolute atomic E-state index is 0.127. The number of amides is 3. The van der Waals surface area contributed by atoms with Crippen LogP contribution in [0.3, 0.4) is 0 Å². The first-order chi connectivity index (χ1) is 9.07. The number of nitrogens with one attached hydrogen (secondary N) is 1. The third-order valence-corrected chi connectivity index (χ3v) is 1.71. The molecule has 3 amide bonds. The highest BCUT2D eigenvalue weighted by atomic mass is 19.4. The summed E-state index contributed by atoms with van der Waals surface area (Å²) < 4.78 is 41.1. The first-order valence-corrected chi connectivity index (χ1v) is 5.11. The van der Waals surface area contributed by atoms with Gasteiger partial charge in [0.05, 0.1) is 13.0 Å². The molecule has 0 saturated carbocycles. The van der Waals surface area contributed by atoms with Crippen LogP contribution in [0.15, 0.2) is 0 Å². The Morgan fingerprint density at radius 1 is 1.40 bits per heavy atom. The van der Waals surface area contributed by atoms with E-state index in [1.54, 1.807) is 6.92 Å². The normalized spacial score (nSPS) is 17.7. The standard InChI is InChI=1S/C7H9NO5.C2H2F3NO/c1-2-12-7(11)13-4-3-5(9)8-6(4)10;3-2(4,5)1(6)7/h4H,2-3H2,1H3,(H,8,9,10);(H2,6,7). The van der Waals surface area contributed by atoms with Gasteiger partial charge in [-0.2, -0.15) is 13.2 Å². The summed E-state index contributed by atoms with van der Waals surface area (Å²) in [5.41, 5.74) is 3.81. The third-order valence-electron chi connectivity index (χ3n) is 1.71. The molecule has 114 valence electrons. The van der Waals surface area contributed by atoms with Crippen molar-refractivity contribution in [1.82, 2.24) is 5.32 Å². The summed E-state index contributed by atoms with van der Waals surface area (Å²) in [5.74, 6) is -3.30. The number of alkyl halides is 3. The van der Waals surface area contributed by atoms with E-state index >= 15 is 0 Å². The number of rotatable bonds is 2. The molecule has 1 aliphatic heterocycles. The lowest BCUT2D eigenvalue weighted by Gasteiger charge is -2.07. The van der Waals surface area contributed by atoms with Gasteiger partial charge < -0.3 is 15.2 Å². The number of halogens is 3. The molecular formula is C9H11F3N2O6. The number of ether oxygens (including phenoxy) is 2. The van der Waals surface area contributed by atoms with Crippen LogP contribution in [0, 0.1) is 0 Å². The summed E-state index contributed by atoms with van der Waals surface area (Å²) in [6, 6.07) is 0. The molecule has 1 fully saturated rings. The molecule has 20 heavy (non-hydrogen) atoms. The van der Waals surface area contributed by atoms with E-state index in [-0.39, 0.29) is 13.0 Å². The van der Waals surface area contributed by atoms with Gasteiger partial charge in [-0.1, -0.05) is 0 Å². The highest BCUT2D eigenvalue weighted by molar-refractivity contribution is 6.05. The predicted molar refractivity (Wildman–Crippen MR) is 54.9 cm³/mol. The zero-order chi connectivity index (χ0) is 15.9. The molecule has 1 atom stereocenters. The number of nitrogens with two attached hydrogens (primary N) is 1. The first-order valence-electron chi connectivity index (χ1n) is 5.11. The Bertz CT molecular complexity index is 409. The summed E-state index contributed by atoms with van der Waals surface area (Å²) in [4.78, 5) is 41.3. The van der Waals surface area contributed by atoms with E-state index < -0.39 is 36.2 Å². The lowest BCUT2D eigenvalue weighted by atomic mass is 10.3. The molecule has 1 unspecified atom stereocenters. The fraction of sp³-hybridized carbons (Fsp3) is 0.556. The van der Waals surface area contributed by atoms with Crippen LogP contribution in [0.4, 0.5) is 18.0 Å². The second kappa shape index (κ2) is 7.31. The van der Waals surface area contributed by atoms with E-state index in [9.17, 15) is 27.6 Å². The van der Waals surface area contributed by atoms with Crippen LogP contribution < -0.4 is 11.1 Å². The van der Waals surface area contributed by atoms with Crippen molar-refractivity contribution in [3.63, 3.8) is 0 Å². The summed E-state index contributed by atoms with van der Waals surface area (Å²) >= 11 is 0. The van der Waals surface area contributed by atoms with Gasteiger partial charge in [0.25, 0.3) is 5.91 Å². The third kappa shape index (κ3) is 6.56. The number of carbonyl (C=O) groups excluding carboxylic acids is 4. The lowest BCUT2D eigenvalue weighted by molar-refractivity contribution is -0.169. The van der Waals surface area contributed by atoms with E-state index in [4.69, 9.17) is 4.79 Å². The molecule has 0 spiro atoms. The van der Waals surface area contributed by atoms with E-state index in [0.29, 0.717) is 0 Å². The van der Waals surface area contributed by atoms with Gasteiger partial charge in [0, 0.05) is 0 Å². The van der Waals surface area contributed by atoms with Crippen LogP contribution >= 0.6 is 0 Å². The zero-order valence-corrected chi connectivity index (χ0v) is 10.2. The summed E-state index contributed by atoms with van der Waals surface area (Å²) in [5, 5.41) is 2.00. The van der Waals surface area contributed by atoms with Gasteiger partial charge >= 0.3 is 18.2 Å². The van der Waals surface area contributed by atoms with Gasteiger partial charge in [-0.05, 0) is 6.92 Å². The Hall–Kier alpha value is -2.33. The van der Waals surface area contributed by atoms with Crippen LogP contribution in [0.2, 0.25) is 0 Å². The molecule has 0 aromatic rings. The minimum atomic E-state index is -4.86. The van der Waals surface area contributed by atoms with Crippen LogP contribution in [-0.2, 0) is 23.9 Å². The van der Waals surface area contributed by atoms with Crippen LogP contribution in [0.5, 0.6) is 0 Å². The fourth-order valence-corrected chi connectivity index (χ4v) is 0.893. The number of hydrogen-bond donors (Lipinski definition) is 2. The molecule has 8 nitrogen and oxygen atoms in total. The topological polar surface area (TPSA) is 125 Å². The second-order valence-corrected chi connectivity index (χ2v) is 3.27. The van der Waals surface area contributed by atoms with E-state index in [1.807, 2.05) is 5.32 Å². The maximum Gasteiger partial charge on any atom is 0.509 e. The molecule has 0 aliphatic carbocycles. The highest BCUT2D eigenvalue weighted by Crippen LogP contribution is 2.11. The number of primary amides is 1. The van der Waals surface area contributed by atoms with Crippen molar-refractivity contribution in [3.8, 4) is 0 Å². The lowest BCUT2D eigenvalue weighted by Crippen LogP contribution is -2.30. The summed E-state index contributed by atoms with van der Waals surface area (Å²) in [6.07, 6.45) is -6.96. The highest BCUT2D eigenvalue weighted by Gasteiger charge is 2.35. The molecule has 11 heteroatoms. The van der Waals surface area contributed by atoms with Gasteiger partial charge in [-0.15, -0.1) is 0 Å². The monoisotopic (exact) mass is 300 g/mol. The van der Waals surface area contributed by atoms with Crippen molar-refractivity contribution in [3.05, 3.63) is 0 Å². The van der Waals surface area contributed by atoms with Crippen LogP contribution in [0.25, 0.3) is 0 Å². The number of carbonyl (C=O) groups is 4. The molecule has 1 rings (SSSR count). The Labute approximate surface area is 110 Å². The molecule has 0 bridgehead atoms. The van der Waals surface area contributed by atoms with E-state index in [2.05, 4.69) is 15.2 Å². The van der Waals surface area contributed by atoms with Crippen molar-refractivity contribution in [2.75, 3.05) is 6.61 Å². The van der Waals surface area contributed by atoms with Crippen molar-refractivity contribution in [2.45, 2.75) is 25.6 Å². The number of imide groups is 1. The van der Waals surface area contributed by atoms with Gasteiger partial charge in [-0.3, -0.25) is 19.7 Å². The number of hydrogen-bond acceptors (Lipinski definition) is 6. The van der Waals surface area contributed by atoms with Gasteiger partial charge in [0.1, 0.15) is 0 Å². The van der Waals surface area contributed by atoms with Gasteiger partial charge in [0.15, 0.2) is 6.10 Å². The van der Waals surface area contributed by atoms with Crippen molar-refractivity contribution < 1.29 is 41.8 Å². The average Bonchev–Trinajstić information content (AvgIpc) is 2.57. The summed E-state index contributed by atoms with van der Waals surface area (Å²) in [6.45, 7) is 1.78. The van der Waals surface area contributed by atoms with Crippen LogP contribution in [0.1, 0.15) is 13.3 Å². The molecule has 3 N–H and O–H groups in total. The first kappa shape index (κ1) is 17.7. The van der Waals surface area contributed by atoms with Gasteiger partial charge in [0.2, 0.25) is 5.91 Å². The second-order valence-electron chi connectivity index (χ2n) is 3.27. The van der Waals surface area contributed by atoms with E-state index in [1.165, 1.54) is 0 Å². The minimum Gasteiger partial charge on any atom is -0.435 e. The van der Waals surface area contributed by atoms with Crippen molar-refractivity contribution in [1.29, 1.82) is 0 Å². The average molecular weight is 300 g/mol. The van der Waals surface area contributed by atoms with Crippen molar-refractivity contribution >= 4 is 23.9 Å². The van der Waals surface area contributed by atoms with Gasteiger partial charge in [-0.25, -0.2) is 4.79 Å². The Kier molecular flexibility index (Phi) is 6.45. The van der Waals surface area contributed by atoms with E-state index in [0.717, 1.165) is 0 Å². The quantitative estimate of drug-likeness (QED) is 0.528. The molecule has 0 aromatic carbocycles. The maximum absolute atomic E-state index is 10.9. The van der Waals surface area contributed by atoms with Crippen molar-refractivity contribution in [2.24, 2.45) is 5.73 Å². The molecule has 1 heterocycles. The SMILES string of the molecule is CCOC(=O)OC1CC(=O)NC1=O.NC(=O)C(F)(F)F. The van der Waals surface area contributed by atoms with Crippen LogP contribution in [-0.4, -0.2) is 42.8 Å². The summed E-state index contributed by atoms with van der Waals surface area (Å²) in [7, 11) is 0. The largest absolute Gasteiger partial charge is 0.509 e. The Morgan fingerprint density at radius 2 is 1.90 bits per heavy atom. The zero-order valence-electron chi connectivity index (χ0n) is 10.2.